The first-order chi connectivity index (χ1) is 15.3. The Bertz CT molecular complexity index is 1210. The molecule has 0 unspecified atom stereocenters. The highest BCUT2D eigenvalue weighted by molar-refractivity contribution is 7.89. The van der Waals surface area contributed by atoms with Gasteiger partial charge >= 0.3 is 5.97 Å². The van der Waals surface area contributed by atoms with Crippen LogP contribution in [0.4, 0.5) is 0 Å². The van der Waals surface area contributed by atoms with Crippen molar-refractivity contribution in [2.24, 2.45) is 0 Å². The molecule has 0 spiro atoms. The predicted molar refractivity (Wildman–Crippen MR) is 126 cm³/mol. The van der Waals surface area contributed by atoms with Gasteiger partial charge in [0.25, 0.3) is 10.0 Å². The van der Waals surface area contributed by atoms with Gasteiger partial charge in [0.1, 0.15) is 6.61 Å². The van der Waals surface area contributed by atoms with Gasteiger partial charge < -0.3 is 4.74 Å². The van der Waals surface area contributed by atoms with Crippen molar-refractivity contribution in [3.05, 3.63) is 120 Å². The maximum atomic E-state index is 13.3. The van der Waals surface area contributed by atoms with E-state index in [-0.39, 0.29) is 17.2 Å². The Morgan fingerprint density at radius 3 is 2.06 bits per heavy atom. The average molecular weight is 448 g/mol. The molecule has 0 aliphatic rings. The van der Waals surface area contributed by atoms with E-state index in [2.05, 4.69) is 6.58 Å². The molecule has 3 aromatic carbocycles. The lowest BCUT2D eigenvalue weighted by Crippen LogP contribution is -2.25. The number of nitrogens with zero attached hydrogens (tertiary/aromatic N) is 1. The van der Waals surface area contributed by atoms with Crippen molar-refractivity contribution in [1.29, 1.82) is 0 Å². The maximum Gasteiger partial charge on any atom is 0.332 e. The van der Waals surface area contributed by atoms with Crippen LogP contribution in [0.5, 0.6) is 0 Å². The molecule has 164 valence electrons. The number of ether oxygens (including phenoxy) is 1. The molecular formula is C26H25NO4S. The molecule has 0 radical (unpaired) electrons. The Labute approximate surface area is 189 Å². The molecule has 6 heteroatoms. The van der Waals surface area contributed by atoms with Gasteiger partial charge in [0.2, 0.25) is 0 Å². The highest BCUT2D eigenvalue weighted by Gasteiger charge is 2.25. The number of rotatable bonds is 8. The van der Waals surface area contributed by atoms with Crippen LogP contribution < -0.4 is 0 Å². The van der Waals surface area contributed by atoms with E-state index in [4.69, 9.17) is 4.74 Å². The highest BCUT2D eigenvalue weighted by Crippen LogP contribution is 2.26. The Hall–Kier alpha value is -3.64. The molecule has 32 heavy (non-hydrogen) atoms. The summed E-state index contributed by atoms with van der Waals surface area (Å²) in [6, 6.07) is 23.0. The average Bonchev–Trinajstić information content (AvgIpc) is 2.79. The Morgan fingerprint density at radius 2 is 1.47 bits per heavy atom. The third-order valence-electron chi connectivity index (χ3n) is 4.80. The molecule has 0 amide bonds. The second-order valence-electron chi connectivity index (χ2n) is 7.34. The molecule has 0 aliphatic heterocycles. The van der Waals surface area contributed by atoms with Gasteiger partial charge in [-0.2, -0.15) is 0 Å². The van der Waals surface area contributed by atoms with Crippen LogP contribution in [0.3, 0.4) is 0 Å². The summed E-state index contributed by atoms with van der Waals surface area (Å²) >= 11 is 0. The quantitative estimate of drug-likeness (QED) is 0.351. The standard InChI is InChI=1S/C26H25NO4S/c1-20-9-13-23(14-10-20)19-31-26(28)17-18-27(22(3)24-7-5-4-6-8-24)32(29,30)25-15-11-21(2)12-16-25/h4-18H,3,19H2,1-2H3/b18-17+. The Balaban J connectivity index is 1.85. The summed E-state index contributed by atoms with van der Waals surface area (Å²) in [5, 5.41) is 0. The number of carbonyl (C=O) groups is 1. The zero-order valence-electron chi connectivity index (χ0n) is 18.1. The summed E-state index contributed by atoms with van der Waals surface area (Å²) in [7, 11) is -3.99. The zero-order valence-corrected chi connectivity index (χ0v) is 18.9. The number of esters is 1. The van der Waals surface area contributed by atoms with Crippen molar-refractivity contribution in [1.82, 2.24) is 4.31 Å². The molecule has 0 heterocycles. The molecule has 0 atom stereocenters. The number of hydrogen-bond acceptors (Lipinski definition) is 4. The van der Waals surface area contributed by atoms with Crippen molar-refractivity contribution >= 4 is 21.7 Å². The van der Waals surface area contributed by atoms with Crippen LogP contribution in [0.2, 0.25) is 0 Å². The first kappa shape index (κ1) is 23.0. The molecule has 5 nitrogen and oxygen atoms in total. The molecule has 0 aliphatic carbocycles. The minimum absolute atomic E-state index is 0.0911. The van der Waals surface area contributed by atoms with E-state index in [1.165, 1.54) is 18.3 Å². The summed E-state index contributed by atoms with van der Waals surface area (Å²) in [4.78, 5) is 12.4. The fraction of sp³-hybridized carbons (Fsp3) is 0.115. The lowest BCUT2D eigenvalue weighted by atomic mass is 10.2. The Kier molecular flexibility index (Phi) is 7.28. The lowest BCUT2D eigenvalue weighted by Gasteiger charge is -2.23. The minimum atomic E-state index is -3.99. The van der Waals surface area contributed by atoms with Gasteiger partial charge in [-0.05, 0) is 37.1 Å². The van der Waals surface area contributed by atoms with Gasteiger partial charge in [-0.15, -0.1) is 0 Å². The predicted octanol–water partition coefficient (Wildman–Crippen LogP) is 5.22. The van der Waals surface area contributed by atoms with Crippen molar-refractivity contribution in [2.45, 2.75) is 25.3 Å². The van der Waals surface area contributed by atoms with E-state index >= 15 is 0 Å². The molecule has 0 bridgehead atoms. The third-order valence-corrected chi connectivity index (χ3v) is 6.53. The zero-order chi connectivity index (χ0) is 23.1. The number of sulfonamides is 1. The third kappa shape index (κ3) is 5.74. The molecular weight excluding hydrogens is 422 g/mol. The van der Waals surface area contributed by atoms with E-state index in [9.17, 15) is 13.2 Å². The fourth-order valence-corrected chi connectivity index (χ4v) is 4.24. The van der Waals surface area contributed by atoms with Gasteiger partial charge in [0.05, 0.1) is 10.6 Å². The van der Waals surface area contributed by atoms with E-state index < -0.39 is 16.0 Å². The van der Waals surface area contributed by atoms with Gasteiger partial charge in [-0.1, -0.05) is 84.4 Å². The molecule has 0 saturated heterocycles. The number of carbonyl (C=O) groups excluding carboxylic acids is 1. The summed E-state index contributed by atoms with van der Waals surface area (Å²) in [5.41, 5.74) is 3.72. The van der Waals surface area contributed by atoms with Gasteiger partial charge in [0.15, 0.2) is 0 Å². The summed E-state index contributed by atoms with van der Waals surface area (Å²) in [6.07, 6.45) is 2.27. The number of benzene rings is 3. The molecule has 3 aromatic rings. The second kappa shape index (κ2) is 10.1. The monoisotopic (exact) mass is 447 g/mol. The largest absolute Gasteiger partial charge is 0.458 e. The van der Waals surface area contributed by atoms with Gasteiger partial charge in [-0.25, -0.2) is 17.5 Å². The normalized spacial score (nSPS) is 11.3. The van der Waals surface area contributed by atoms with Crippen LogP contribution in [0.15, 0.2) is 103 Å². The van der Waals surface area contributed by atoms with Crippen molar-refractivity contribution in [3.63, 3.8) is 0 Å². The van der Waals surface area contributed by atoms with E-state index in [1.54, 1.807) is 36.4 Å². The van der Waals surface area contributed by atoms with Crippen molar-refractivity contribution in [3.8, 4) is 0 Å². The van der Waals surface area contributed by atoms with Crippen LogP contribution in [0, 0.1) is 13.8 Å². The van der Waals surface area contributed by atoms with Crippen LogP contribution in [0.25, 0.3) is 5.70 Å². The van der Waals surface area contributed by atoms with Crippen LogP contribution in [-0.4, -0.2) is 18.7 Å². The highest BCUT2D eigenvalue weighted by atomic mass is 32.2. The lowest BCUT2D eigenvalue weighted by molar-refractivity contribution is -0.139. The SMILES string of the molecule is C=C(c1ccccc1)N(/C=C/C(=O)OCc1ccc(C)cc1)S(=O)(=O)c1ccc(C)cc1. The number of hydrogen-bond donors (Lipinski definition) is 0. The van der Waals surface area contributed by atoms with E-state index in [0.29, 0.717) is 5.56 Å². The molecule has 0 N–H and O–H groups in total. The maximum absolute atomic E-state index is 13.3. The summed E-state index contributed by atoms with van der Waals surface area (Å²) < 4.78 is 32.9. The number of aryl methyl sites for hydroxylation is 2. The summed E-state index contributed by atoms with van der Waals surface area (Å²) in [6.45, 7) is 7.90. The minimum Gasteiger partial charge on any atom is -0.458 e. The fourth-order valence-electron chi connectivity index (χ4n) is 2.91. The topological polar surface area (TPSA) is 63.7 Å². The van der Waals surface area contributed by atoms with Crippen LogP contribution in [0.1, 0.15) is 22.3 Å². The molecule has 0 saturated carbocycles. The van der Waals surface area contributed by atoms with Crippen molar-refractivity contribution < 1.29 is 17.9 Å². The van der Waals surface area contributed by atoms with E-state index in [1.807, 2.05) is 44.2 Å². The molecule has 0 aromatic heterocycles. The van der Waals surface area contributed by atoms with Gasteiger partial charge in [0, 0.05) is 12.3 Å². The Morgan fingerprint density at radius 1 is 0.906 bits per heavy atom. The second-order valence-corrected chi connectivity index (χ2v) is 9.15. The van der Waals surface area contributed by atoms with E-state index in [0.717, 1.165) is 27.1 Å². The first-order valence-corrected chi connectivity index (χ1v) is 11.5. The molecule has 0 fully saturated rings. The van der Waals surface area contributed by atoms with Crippen LogP contribution >= 0.6 is 0 Å². The first-order valence-electron chi connectivity index (χ1n) is 10.0. The van der Waals surface area contributed by atoms with Crippen LogP contribution in [-0.2, 0) is 26.2 Å². The van der Waals surface area contributed by atoms with Gasteiger partial charge in [-0.3, -0.25) is 0 Å². The summed E-state index contributed by atoms with van der Waals surface area (Å²) in [5.74, 6) is -0.657. The molecule has 3 rings (SSSR count). The van der Waals surface area contributed by atoms with Crippen molar-refractivity contribution in [2.75, 3.05) is 0 Å². The smallest absolute Gasteiger partial charge is 0.332 e.